The van der Waals surface area contributed by atoms with E-state index in [0.717, 1.165) is 38.5 Å². The fourth-order valence-electron chi connectivity index (χ4n) is 4.46. The first-order valence-corrected chi connectivity index (χ1v) is 13.6. The number of carbonyl (C=O) groups is 1. The van der Waals surface area contributed by atoms with Gasteiger partial charge in [0.25, 0.3) is 0 Å². The fraction of sp³-hybridized carbons (Fsp3) is 0.962. The number of unbranched alkanes of at least 4 members (excludes halogenated alkanes) is 3. The minimum Gasteiger partial charge on any atom is -0.454 e. The van der Waals surface area contributed by atoms with Gasteiger partial charge in [-0.3, -0.25) is 4.79 Å². The summed E-state index contributed by atoms with van der Waals surface area (Å²) >= 11 is 0. The van der Waals surface area contributed by atoms with Crippen LogP contribution in [0, 0.1) is 0 Å². The Morgan fingerprint density at radius 2 is 1.19 bits per heavy atom. The molecule has 5 unspecified atom stereocenters. The summed E-state index contributed by atoms with van der Waals surface area (Å²) in [7, 11) is 0. The molecule has 10 nitrogen and oxygen atoms in total. The summed E-state index contributed by atoms with van der Waals surface area (Å²) in [6, 6.07) is 0. The topological polar surface area (TPSA) is 122 Å². The Balaban J connectivity index is 2.26. The third kappa shape index (κ3) is 8.87. The molecule has 0 aliphatic carbocycles. The van der Waals surface area contributed by atoms with Gasteiger partial charge in [-0.05, 0) is 33.1 Å². The lowest BCUT2D eigenvalue weighted by Gasteiger charge is -2.48. The van der Waals surface area contributed by atoms with Crippen LogP contribution in [0.4, 0.5) is 0 Å². The molecule has 0 aromatic rings. The first kappa shape index (κ1) is 31.4. The van der Waals surface area contributed by atoms with E-state index in [-0.39, 0.29) is 0 Å². The van der Waals surface area contributed by atoms with Gasteiger partial charge in [0.2, 0.25) is 0 Å². The number of hydrogen-bond acceptors (Lipinski definition) is 10. The Bertz CT molecular complexity index is 620. The minimum absolute atomic E-state index is 0.435. The summed E-state index contributed by atoms with van der Waals surface area (Å²) in [4.78, 5) is 11.8. The summed E-state index contributed by atoms with van der Waals surface area (Å²) in [5.41, 5.74) is 0. The van der Waals surface area contributed by atoms with Gasteiger partial charge in [-0.15, -0.1) is 0 Å². The van der Waals surface area contributed by atoms with Crippen molar-refractivity contribution >= 4 is 5.97 Å². The monoisotopic (exact) mass is 520 g/mol. The van der Waals surface area contributed by atoms with Gasteiger partial charge in [-0.25, -0.2) is 0 Å². The van der Waals surface area contributed by atoms with E-state index in [2.05, 4.69) is 20.8 Å². The highest BCUT2D eigenvalue weighted by Crippen LogP contribution is 2.33. The average Bonchev–Trinajstić information content (AvgIpc) is 2.82. The highest BCUT2D eigenvalue weighted by Gasteiger charge is 2.52. The summed E-state index contributed by atoms with van der Waals surface area (Å²) in [6.07, 6.45) is -3.16. The van der Waals surface area contributed by atoms with Crippen LogP contribution in [0.25, 0.3) is 0 Å². The highest BCUT2D eigenvalue weighted by atomic mass is 16.7. The van der Waals surface area contributed by atoms with Crippen LogP contribution in [-0.4, -0.2) is 97.4 Å². The Hall–Kier alpha value is -0.850. The molecular weight excluding hydrogens is 472 g/mol. The molecule has 0 radical (unpaired) electrons. The van der Waals surface area contributed by atoms with E-state index in [4.69, 9.17) is 33.2 Å². The zero-order chi connectivity index (χ0) is 26.7. The molecule has 10 heteroatoms. The van der Waals surface area contributed by atoms with E-state index in [1.165, 1.54) is 6.92 Å². The molecule has 10 atom stereocenters. The van der Waals surface area contributed by atoms with Crippen molar-refractivity contribution < 1.29 is 48.2 Å². The van der Waals surface area contributed by atoms with Crippen LogP contribution in [-0.2, 0) is 38.0 Å². The summed E-state index contributed by atoms with van der Waals surface area (Å²) in [5.74, 6) is -0.596. The predicted molar refractivity (Wildman–Crippen MR) is 131 cm³/mol. The lowest BCUT2D eigenvalue weighted by atomic mass is 9.96. The Morgan fingerprint density at radius 1 is 0.722 bits per heavy atom. The zero-order valence-corrected chi connectivity index (χ0v) is 22.8. The molecule has 2 heterocycles. The number of rotatable bonds is 15. The molecule has 0 spiro atoms. The van der Waals surface area contributed by atoms with Crippen LogP contribution in [0.5, 0.6) is 0 Å². The summed E-state index contributed by atoms with van der Waals surface area (Å²) in [5, 5.41) is 21.9. The number of esters is 1. The standard InChI is InChI=1S/C26H48O10/c1-7-10-13-30-20-17(5)34-26(19(28)22(20)32-15-12-9-3)36-23-21(31-14-11-8-2)16(4)33-25(29)24(23)35-18(6)27/h16-17,19-26,28-29H,7-15H2,1-6H3/t16?,17?,19-,20-,21-,22?,23?,24-,25?,26-/m0/s1. The maximum atomic E-state index is 11.8. The number of aliphatic hydroxyl groups is 2. The van der Waals surface area contributed by atoms with Gasteiger partial charge in [0.15, 0.2) is 18.7 Å². The highest BCUT2D eigenvalue weighted by molar-refractivity contribution is 5.66. The second-order valence-electron chi connectivity index (χ2n) is 9.67. The molecule has 0 aromatic heterocycles. The van der Waals surface area contributed by atoms with Crippen molar-refractivity contribution in [3.8, 4) is 0 Å². The molecule has 0 saturated carbocycles. The largest absolute Gasteiger partial charge is 0.454 e. The van der Waals surface area contributed by atoms with E-state index < -0.39 is 67.4 Å². The first-order chi connectivity index (χ1) is 17.2. The Labute approximate surface area is 215 Å². The van der Waals surface area contributed by atoms with Crippen LogP contribution in [0.1, 0.15) is 80.1 Å². The first-order valence-electron chi connectivity index (χ1n) is 13.6. The van der Waals surface area contributed by atoms with Gasteiger partial charge >= 0.3 is 5.97 Å². The van der Waals surface area contributed by atoms with Crippen LogP contribution in [0.2, 0.25) is 0 Å². The molecule has 0 bridgehead atoms. The molecule has 2 aliphatic rings. The summed E-state index contributed by atoms with van der Waals surface area (Å²) < 4.78 is 41.5. The van der Waals surface area contributed by atoms with Crippen molar-refractivity contribution in [3.63, 3.8) is 0 Å². The van der Waals surface area contributed by atoms with Crippen molar-refractivity contribution in [1.29, 1.82) is 0 Å². The van der Waals surface area contributed by atoms with Gasteiger partial charge in [-0.2, -0.15) is 0 Å². The van der Waals surface area contributed by atoms with Crippen LogP contribution < -0.4 is 0 Å². The molecule has 2 saturated heterocycles. The number of ether oxygens (including phenoxy) is 7. The van der Waals surface area contributed by atoms with Crippen molar-refractivity contribution in [1.82, 2.24) is 0 Å². The second kappa shape index (κ2) is 16.2. The molecule has 0 aromatic carbocycles. The molecule has 212 valence electrons. The van der Waals surface area contributed by atoms with Crippen molar-refractivity contribution in [2.24, 2.45) is 0 Å². The third-order valence-corrected chi connectivity index (χ3v) is 6.51. The maximum absolute atomic E-state index is 11.8. The maximum Gasteiger partial charge on any atom is 0.303 e. The average molecular weight is 521 g/mol. The number of hydrogen-bond donors (Lipinski definition) is 2. The summed E-state index contributed by atoms with van der Waals surface area (Å²) in [6.45, 7) is 12.5. The predicted octanol–water partition coefficient (Wildman–Crippen LogP) is 2.70. The Morgan fingerprint density at radius 3 is 1.69 bits per heavy atom. The van der Waals surface area contributed by atoms with E-state index in [0.29, 0.717) is 19.8 Å². The molecule has 2 rings (SSSR count). The minimum atomic E-state index is -1.42. The van der Waals surface area contributed by atoms with Gasteiger partial charge in [-0.1, -0.05) is 40.0 Å². The van der Waals surface area contributed by atoms with E-state index in [9.17, 15) is 15.0 Å². The van der Waals surface area contributed by atoms with Gasteiger partial charge in [0.05, 0.1) is 12.2 Å². The molecule has 2 fully saturated rings. The molecule has 0 amide bonds. The van der Waals surface area contributed by atoms with E-state index in [1.807, 2.05) is 6.92 Å². The lowest BCUT2D eigenvalue weighted by Crippen LogP contribution is -2.64. The normalized spacial score (nSPS) is 37.1. The fourth-order valence-corrected chi connectivity index (χ4v) is 4.46. The van der Waals surface area contributed by atoms with Gasteiger partial charge in [0.1, 0.15) is 30.5 Å². The van der Waals surface area contributed by atoms with Crippen LogP contribution in [0.15, 0.2) is 0 Å². The molecular formula is C26H48O10. The van der Waals surface area contributed by atoms with Crippen LogP contribution >= 0.6 is 0 Å². The number of aliphatic hydroxyl groups excluding tert-OH is 2. The van der Waals surface area contributed by atoms with E-state index >= 15 is 0 Å². The van der Waals surface area contributed by atoms with Crippen molar-refractivity contribution in [2.75, 3.05) is 19.8 Å². The quantitative estimate of drug-likeness (QED) is 0.246. The SMILES string of the molecule is CCCCOC1[C@@H](OCCCC)C(C)O[C@@H](OC2[C@H](OC(C)=O)C(O)OC(C)[C@@H]2OCCCC)[C@H]1O. The third-order valence-electron chi connectivity index (χ3n) is 6.51. The second-order valence-corrected chi connectivity index (χ2v) is 9.67. The zero-order valence-electron chi connectivity index (χ0n) is 22.8. The number of carbonyl (C=O) groups excluding carboxylic acids is 1. The van der Waals surface area contributed by atoms with Crippen molar-refractivity contribution in [3.05, 3.63) is 0 Å². The smallest absolute Gasteiger partial charge is 0.303 e. The Kier molecular flexibility index (Phi) is 14.1. The lowest BCUT2D eigenvalue weighted by molar-refractivity contribution is -0.358. The van der Waals surface area contributed by atoms with Crippen molar-refractivity contribution in [2.45, 2.75) is 141 Å². The van der Waals surface area contributed by atoms with Gasteiger partial charge in [0, 0.05) is 26.7 Å². The van der Waals surface area contributed by atoms with E-state index in [1.54, 1.807) is 6.92 Å². The van der Waals surface area contributed by atoms with Crippen LogP contribution in [0.3, 0.4) is 0 Å². The molecule has 2 N–H and O–H groups in total. The molecule has 2 aliphatic heterocycles. The molecule has 36 heavy (non-hydrogen) atoms. The van der Waals surface area contributed by atoms with Gasteiger partial charge < -0.3 is 43.4 Å².